The summed E-state index contributed by atoms with van der Waals surface area (Å²) in [5, 5.41) is 5.62. The minimum atomic E-state index is 0.0393. The Morgan fingerprint density at radius 1 is 1.26 bits per heavy atom. The summed E-state index contributed by atoms with van der Waals surface area (Å²) >= 11 is 0. The second-order valence-corrected chi connectivity index (χ2v) is 5.20. The topological polar surface area (TPSA) is 69.4 Å². The molecule has 2 aromatic rings. The molecule has 0 unspecified atom stereocenters. The molecule has 0 radical (unpaired) electrons. The Balaban J connectivity index is 1.82. The predicted molar refractivity (Wildman–Crippen MR) is 72.5 cm³/mol. The lowest BCUT2D eigenvalue weighted by Gasteiger charge is -2.17. The van der Waals surface area contributed by atoms with E-state index >= 15 is 0 Å². The molecule has 0 saturated heterocycles. The van der Waals surface area contributed by atoms with Crippen LogP contribution in [-0.4, -0.2) is 23.9 Å². The Hall–Kier alpha value is -2.01. The molecule has 3 N–H and O–H groups in total. The Labute approximate surface area is 110 Å². The van der Waals surface area contributed by atoms with Gasteiger partial charge in [-0.05, 0) is 36.4 Å². The van der Waals surface area contributed by atoms with Crippen LogP contribution in [0.2, 0.25) is 0 Å². The van der Waals surface area contributed by atoms with Crippen molar-refractivity contribution in [2.75, 3.05) is 18.7 Å². The molecule has 1 saturated carbocycles. The average Bonchev–Trinajstić information content (AvgIpc) is 3.06. The summed E-state index contributed by atoms with van der Waals surface area (Å²) in [7, 11) is 0. The van der Waals surface area contributed by atoms with Crippen molar-refractivity contribution in [2.45, 2.75) is 18.4 Å². The minimum absolute atomic E-state index is 0.0393. The van der Waals surface area contributed by atoms with Crippen molar-refractivity contribution in [1.29, 1.82) is 0 Å². The van der Waals surface area contributed by atoms with E-state index in [1.54, 1.807) is 6.20 Å². The maximum Gasteiger partial charge on any atom is 0.231 e. The van der Waals surface area contributed by atoms with Crippen molar-refractivity contribution in [3.63, 3.8) is 0 Å². The fourth-order valence-corrected chi connectivity index (χ4v) is 2.44. The second-order valence-electron chi connectivity index (χ2n) is 5.20. The van der Waals surface area contributed by atoms with Crippen LogP contribution in [0.3, 0.4) is 0 Å². The number of fused-ring (bicyclic) bond motifs is 2. The van der Waals surface area contributed by atoms with Crippen LogP contribution in [-0.2, 0) is 0 Å². The number of ether oxygens (including phenoxy) is 2. The van der Waals surface area contributed by atoms with Crippen molar-refractivity contribution >= 4 is 16.6 Å². The normalized spacial score (nSPS) is 18.6. The highest BCUT2D eigenvalue weighted by Crippen LogP contribution is 2.41. The Morgan fingerprint density at radius 3 is 2.79 bits per heavy atom. The first-order chi connectivity index (χ1) is 9.30. The number of benzene rings is 1. The van der Waals surface area contributed by atoms with Gasteiger partial charge in [-0.25, -0.2) is 4.98 Å². The lowest BCUT2D eigenvalue weighted by Crippen LogP contribution is -2.31. The van der Waals surface area contributed by atoms with Crippen LogP contribution in [0.4, 0.5) is 5.82 Å². The standard InChI is InChI=1S/C14H15N3O2/c15-7-14(2-3-14)17-13-10-6-12-11(18-8-19-12)5-9(10)1-4-16-13/h1,4-6H,2-3,7-8,15H2,(H,16,17). The van der Waals surface area contributed by atoms with Gasteiger partial charge in [0, 0.05) is 18.1 Å². The highest BCUT2D eigenvalue weighted by Gasteiger charge is 2.41. The van der Waals surface area contributed by atoms with E-state index < -0.39 is 0 Å². The number of nitrogens with zero attached hydrogens (tertiary/aromatic N) is 1. The van der Waals surface area contributed by atoms with E-state index in [0.717, 1.165) is 40.9 Å². The Kier molecular flexibility index (Phi) is 2.14. The summed E-state index contributed by atoms with van der Waals surface area (Å²) in [6.45, 7) is 0.921. The molecule has 19 heavy (non-hydrogen) atoms. The minimum Gasteiger partial charge on any atom is -0.454 e. The smallest absolute Gasteiger partial charge is 0.231 e. The van der Waals surface area contributed by atoms with Gasteiger partial charge in [-0.15, -0.1) is 0 Å². The largest absolute Gasteiger partial charge is 0.454 e. The number of hydrogen-bond acceptors (Lipinski definition) is 5. The van der Waals surface area contributed by atoms with Crippen LogP contribution in [0.5, 0.6) is 11.5 Å². The number of anilines is 1. The Morgan fingerprint density at radius 2 is 2.05 bits per heavy atom. The molecule has 0 bridgehead atoms. The van der Waals surface area contributed by atoms with Gasteiger partial charge in [-0.1, -0.05) is 0 Å². The summed E-state index contributed by atoms with van der Waals surface area (Å²) in [5.74, 6) is 2.45. The highest BCUT2D eigenvalue weighted by atomic mass is 16.7. The first-order valence-electron chi connectivity index (χ1n) is 6.46. The quantitative estimate of drug-likeness (QED) is 0.878. The van der Waals surface area contributed by atoms with Crippen molar-refractivity contribution in [3.05, 3.63) is 24.4 Å². The van der Waals surface area contributed by atoms with E-state index in [2.05, 4.69) is 10.3 Å². The molecule has 5 nitrogen and oxygen atoms in total. The van der Waals surface area contributed by atoms with Crippen LogP contribution in [0.15, 0.2) is 24.4 Å². The maximum absolute atomic E-state index is 5.82. The van der Waals surface area contributed by atoms with E-state index in [1.165, 1.54) is 0 Å². The second kappa shape index (κ2) is 3.74. The zero-order chi connectivity index (χ0) is 12.9. The third-order valence-electron chi connectivity index (χ3n) is 3.89. The maximum atomic E-state index is 5.82. The van der Waals surface area contributed by atoms with Crippen LogP contribution in [0.1, 0.15) is 12.8 Å². The fraction of sp³-hybridized carbons (Fsp3) is 0.357. The van der Waals surface area contributed by atoms with E-state index in [-0.39, 0.29) is 12.3 Å². The van der Waals surface area contributed by atoms with Crippen LogP contribution >= 0.6 is 0 Å². The van der Waals surface area contributed by atoms with E-state index in [4.69, 9.17) is 15.2 Å². The van der Waals surface area contributed by atoms with Crippen LogP contribution in [0.25, 0.3) is 10.8 Å². The van der Waals surface area contributed by atoms with Crippen molar-refractivity contribution in [3.8, 4) is 11.5 Å². The lowest BCUT2D eigenvalue weighted by molar-refractivity contribution is 0.174. The average molecular weight is 257 g/mol. The molecule has 1 aliphatic heterocycles. The number of rotatable bonds is 3. The summed E-state index contributed by atoms with van der Waals surface area (Å²) < 4.78 is 10.8. The summed E-state index contributed by atoms with van der Waals surface area (Å²) in [5.41, 5.74) is 5.86. The number of nitrogens with two attached hydrogens (primary N) is 1. The van der Waals surface area contributed by atoms with Gasteiger partial charge in [0.2, 0.25) is 6.79 Å². The van der Waals surface area contributed by atoms with Gasteiger partial charge in [0.15, 0.2) is 11.5 Å². The lowest BCUT2D eigenvalue weighted by atomic mass is 10.1. The van der Waals surface area contributed by atoms with Crippen molar-refractivity contribution in [2.24, 2.45) is 5.73 Å². The number of aromatic nitrogens is 1. The van der Waals surface area contributed by atoms with E-state index in [1.807, 2.05) is 18.2 Å². The SMILES string of the molecule is NCC1(Nc2nccc3cc4c(cc23)OCO4)CC1. The zero-order valence-electron chi connectivity index (χ0n) is 10.5. The summed E-state index contributed by atoms with van der Waals surface area (Å²) in [6.07, 6.45) is 4.01. The van der Waals surface area contributed by atoms with Gasteiger partial charge in [0.25, 0.3) is 0 Å². The third-order valence-corrected chi connectivity index (χ3v) is 3.89. The molecule has 2 aliphatic rings. The number of hydrogen-bond donors (Lipinski definition) is 2. The molecule has 98 valence electrons. The highest BCUT2D eigenvalue weighted by molar-refractivity contribution is 5.94. The molecule has 5 heteroatoms. The first kappa shape index (κ1) is 10.9. The van der Waals surface area contributed by atoms with Gasteiger partial charge in [0.1, 0.15) is 5.82 Å². The van der Waals surface area contributed by atoms with Crippen LogP contribution < -0.4 is 20.5 Å². The summed E-state index contributed by atoms with van der Waals surface area (Å²) in [4.78, 5) is 4.44. The van der Waals surface area contributed by atoms with Crippen molar-refractivity contribution in [1.82, 2.24) is 4.98 Å². The summed E-state index contributed by atoms with van der Waals surface area (Å²) in [6, 6.07) is 5.95. The fourth-order valence-electron chi connectivity index (χ4n) is 2.44. The Bertz CT molecular complexity index is 652. The molecule has 0 spiro atoms. The van der Waals surface area contributed by atoms with Crippen molar-refractivity contribution < 1.29 is 9.47 Å². The van der Waals surface area contributed by atoms with Gasteiger partial charge in [-0.2, -0.15) is 0 Å². The van der Waals surface area contributed by atoms with E-state index in [9.17, 15) is 0 Å². The van der Waals surface area contributed by atoms with Gasteiger partial charge < -0.3 is 20.5 Å². The monoisotopic (exact) mass is 257 g/mol. The zero-order valence-corrected chi connectivity index (χ0v) is 10.5. The number of pyridine rings is 1. The molecular formula is C14H15N3O2. The van der Waals surface area contributed by atoms with E-state index in [0.29, 0.717) is 6.54 Å². The first-order valence-corrected chi connectivity index (χ1v) is 6.46. The molecule has 1 aromatic heterocycles. The molecular weight excluding hydrogens is 242 g/mol. The molecule has 1 aliphatic carbocycles. The molecule has 1 aromatic carbocycles. The number of nitrogens with one attached hydrogen (secondary N) is 1. The third kappa shape index (κ3) is 1.69. The molecule has 1 fully saturated rings. The molecule has 0 amide bonds. The molecule has 2 heterocycles. The van der Waals surface area contributed by atoms with Gasteiger partial charge >= 0.3 is 0 Å². The van der Waals surface area contributed by atoms with Gasteiger partial charge in [0.05, 0.1) is 5.54 Å². The molecule has 0 atom stereocenters. The van der Waals surface area contributed by atoms with Crippen LogP contribution in [0, 0.1) is 0 Å². The molecule has 4 rings (SSSR count). The predicted octanol–water partition coefficient (Wildman–Crippen LogP) is 1.87. The van der Waals surface area contributed by atoms with Gasteiger partial charge in [-0.3, -0.25) is 0 Å².